The molecule has 0 aromatic heterocycles. The summed E-state index contributed by atoms with van der Waals surface area (Å²) in [7, 11) is 1.71. The van der Waals surface area contributed by atoms with E-state index in [1.54, 1.807) is 36.2 Å². The largest absolute Gasteiger partial charge is 0.491 e. The fourth-order valence-electron chi connectivity index (χ4n) is 2.62. The molecular formula is C19H17N3O3. The molecule has 0 saturated carbocycles. The van der Waals surface area contributed by atoms with Gasteiger partial charge in [-0.2, -0.15) is 5.26 Å². The minimum Gasteiger partial charge on any atom is -0.491 e. The number of amides is 2. The third-order valence-electron chi connectivity index (χ3n) is 4.04. The van der Waals surface area contributed by atoms with Crippen molar-refractivity contribution in [2.45, 2.75) is 13.0 Å². The number of nitriles is 1. The molecule has 6 heteroatoms. The lowest BCUT2D eigenvalue weighted by Crippen LogP contribution is -2.26. The Kier molecular flexibility index (Phi) is 4.66. The third kappa shape index (κ3) is 3.61. The molecule has 1 aliphatic rings. The number of hydrogen-bond donors (Lipinski definition) is 1. The minimum absolute atomic E-state index is 0.00625. The highest BCUT2D eigenvalue weighted by Crippen LogP contribution is 2.31. The molecule has 1 N–H and O–H groups in total. The Morgan fingerprint density at radius 1 is 1.32 bits per heavy atom. The maximum atomic E-state index is 12.2. The van der Waals surface area contributed by atoms with Gasteiger partial charge in [0, 0.05) is 19.2 Å². The molecule has 25 heavy (non-hydrogen) atoms. The Morgan fingerprint density at radius 2 is 2.16 bits per heavy atom. The fourth-order valence-corrected chi connectivity index (χ4v) is 2.62. The number of ether oxygens (including phenoxy) is 1. The van der Waals surface area contributed by atoms with Crippen molar-refractivity contribution < 1.29 is 14.3 Å². The van der Waals surface area contributed by atoms with E-state index in [0.717, 1.165) is 5.56 Å². The van der Waals surface area contributed by atoms with Crippen LogP contribution in [-0.2, 0) is 11.3 Å². The van der Waals surface area contributed by atoms with Gasteiger partial charge in [-0.25, -0.2) is 0 Å². The van der Waals surface area contributed by atoms with Crippen LogP contribution in [0.4, 0.5) is 5.69 Å². The molecule has 0 unspecified atom stereocenters. The quantitative estimate of drug-likeness (QED) is 0.932. The lowest BCUT2D eigenvalue weighted by atomic mass is 10.1. The zero-order chi connectivity index (χ0) is 17.8. The Bertz CT molecular complexity index is 870. The van der Waals surface area contributed by atoms with Crippen molar-refractivity contribution in [3.8, 4) is 11.8 Å². The molecule has 2 aromatic rings. The number of nitrogens with one attached hydrogen (secondary N) is 1. The van der Waals surface area contributed by atoms with Crippen LogP contribution in [-0.4, -0.2) is 25.5 Å². The average molecular weight is 335 g/mol. The first-order valence-electron chi connectivity index (χ1n) is 7.89. The second-order valence-electron chi connectivity index (χ2n) is 5.73. The van der Waals surface area contributed by atoms with Gasteiger partial charge in [-0.05, 0) is 35.9 Å². The molecule has 2 amide bonds. The van der Waals surface area contributed by atoms with Crippen LogP contribution in [0, 0.1) is 11.3 Å². The number of carbonyl (C=O) groups excluding carboxylic acids is 2. The van der Waals surface area contributed by atoms with E-state index in [-0.39, 0.29) is 11.8 Å². The van der Waals surface area contributed by atoms with Crippen molar-refractivity contribution in [3.63, 3.8) is 0 Å². The van der Waals surface area contributed by atoms with E-state index < -0.39 is 0 Å². The summed E-state index contributed by atoms with van der Waals surface area (Å²) >= 11 is 0. The van der Waals surface area contributed by atoms with Crippen LogP contribution >= 0.6 is 0 Å². The van der Waals surface area contributed by atoms with Gasteiger partial charge in [0.25, 0.3) is 5.91 Å². The second-order valence-corrected chi connectivity index (χ2v) is 5.73. The number of nitrogens with zero attached hydrogens (tertiary/aromatic N) is 2. The fraction of sp³-hybridized carbons (Fsp3) is 0.211. The van der Waals surface area contributed by atoms with Crippen LogP contribution in [0.25, 0.3) is 0 Å². The molecule has 0 atom stereocenters. The van der Waals surface area contributed by atoms with Gasteiger partial charge < -0.3 is 15.0 Å². The van der Waals surface area contributed by atoms with E-state index in [0.29, 0.717) is 42.1 Å². The molecule has 0 aliphatic carbocycles. The number of carbonyl (C=O) groups is 2. The summed E-state index contributed by atoms with van der Waals surface area (Å²) in [5.41, 5.74) is 2.42. The maximum absolute atomic E-state index is 12.2. The molecule has 0 spiro atoms. The van der Waals surface area contributed by atoms with Gasteiger partial charge in [-0.3, -0.25) is 9.59 Å². The van der Waals surface area contributed by atoms with Crippen LogP contribution in [0.2, 0.25) is 0 Å². The van der Waals surface area contributed by atoms with E-state index in [1.165, 1.54) is 0 Å². The van der Waals surface area contributed by atoms with Crippen LogP contribution in [0.15, 0.2) is 42.5 Å². The van der Waals surface area contributed by atoms with E-state index in [1.807, 2.05) is 24.3 Å². The topological polar surface area (TPSA) is 82.4 Å². The lowest BCUT2D eigenvalue weighted by Gasteiger charge is -2.17. The van der Waals surface area contributed by atoms with Crippen molar-refractivity contribution in [2.24, 2.45) is 0 Å². The highest BCUT2D eigenvalue weighted by atomic mass is 16.5. The molecule has 3 rings (SSSR count). The van der Waals surface area contributed by atoms with Crippen LogP contribution in [0.5, 0.6) is 5.75 Å². The summed E-state index contributed by atoms with van der Waals surface area (Å²) in [6, 6.07) is 14.0. The second kappa shape index (κ2) is 7.05. The zero-order valence-electron chi connectivity index (χ0n) is 13.8. The molecule has 0 fully saturated rings. The minimum atomic E-state index is -0.257. The Balaban J connectivity index is 1.73. The standard InChI is InChI=1S/C19H17N3O3/c1-22-16-10-14(5-6-17(16)25-8-7-18(22)23)12-21-19(24)15-4-2-3-13(9-15)11-20/h2-6,9-10H,7-8,12H2,1H3,(H,21,24). The van der Waals surface area contributed by atoms with Gasteiger partial charge in [-0.15, -0.1) is 0 Å². The van der Waals surface area contributed by atoms with Gasteiger partial charge in [0.1, 0.15) is 5.75 Å². The van der Waals surface area contributed by atoms with Crippen LogP contribution < -0.4 is 15.0 Å². The molecule has 1 aliphatic heterocycles. The van der Waals surface area contributed by atoms with Crippen molar-refractivity contribution in [2.75, 3.05) is 18.6 Å². The Hall–Kier alpha value is -3.33. The molecular weight excluding hydrogens is 318 g/mol. The van der Waals surface area contributed by atoms with Gasteiger partial charge in [0.2, 0.25) is 5.91 Å². The van der Waals surface area contributed by atoms with E-state index in [4.69, 9.17) is 10.00 Å². The smallest absolute Gasteiger partial charge is 0.251 e. The molecule has 0 radical (unpaired) electrons. The first-order chi connectivity index (χ1) is 12.1. The highest BCUT2D eigenvalue weighted by Gasteiger charge is 2.20. The third-order valence-corrected chi connectivity index (χ3v) is 4.04. The average Bonchev–Trinajstić information content (AvgIpc) is 2.79. The SMILES string of the molecule is CN1C(=O)CCOc2ccc(CNC(=O)c3cccc(C#N)c3)cc21. The molecule has 0 saturated heterocycles. The predicted molar refractivity (Wildman–Crippen MR) is 92.3 cm³/mol. The Morgan fingerprint density at radius 3 is 2.96 bits per heavy atom. The van der Waals surface area contributed by atoms with Crippen molar-refractivity contribution in [3.05, 3.63) is 59.2 Å². The summed E-state index contributed by atoms with van der Waals surface area (Å²) < 4.78 is 5.58. The number of hydrogen-bond acceptors (Lipinski definition) is 4. The molecule has 126 valence electrons. The number of rotatable bonds is 3. The summed E-state index contributed by atoms with van der Waals surface area (Å²) in [4.78, 5) is 25.8. The van der Waals surface area contributed by atoms with Crippen molar-refractivity contribution in [1.29, 1.82) is 5.26 Å². The van der Waals surface area contributed by atoms with Gasteiger partial charge in [-0.1, -0.05) is 12.1 Å². The molecule has 2 aromatic carbocycles. The van der Waals surface area contributed by atoms with Gasteiger partial charge in [0.15, 0.2) is 0 Å². The van der Waals surface area contributed by atoms with Gasteiger partial charge >= 0.3 is 0 Å². The number of anilines is 1. The zero-order valence-corrected chi connectivity index (χ0v) is 13.8. The summed E-state index contributed by atoms with van der Waals surface area (Å²) in [5.74, 6) is 0.395. The number of benzene rings is 2. The first kappa shape index (κ1) is 16.5. The van der Waals surface area contributed by atoms with Crippen molar-refractivity contribution >= 4 is 17.5 Å². The molecule has 0 bridgehead atoms. The van der Waals surface area contributed by atoms with E-state index in [2.05, 4.69) is 5.32 Å². The van der Waals surface area contributed by atoms with Crippen LogP contribution in [0.1, 0.15) is 27.9 Å². The molecule has 6 nitrogen and oxygen atoms in total. The first-order valence-corrected chi connectivity index (χ1v) is 7.89. The summed E-state index contributed by atoms with van der Waals surface area (Å²) in [6.07, 6.45) is 0.340. The lowest BCUT2D eigenvalue weighted by molar-refractivity contribution is -0.118. The predicted octanol–water partition coefficient (Wildman–Crippen LogP) is 2.23. The van der Waals surface area contributed by atoms with Crippen molar-refractivity contribution in [1.82, 2.24) is 5.32 Å². The van der Waals surface area contributed by atoms with E-state index >= 15 is 0 Å². The Labute approximate surface area is 145 Å². The van der Waals surface area contributed by atoms with E-state index in [9.17, 15) is 9.59 Å². The number of fused-ring (bicyclic) bond motifs is 1. The monoisotopic (exact) mass is 335 g/mol. The normalized spacial score (nSPS) is 13.3. The molecule has 1 heterocycles. The van der Waals surface area contributed by atoms with Crippen LogP contribution in [0.3, 0.4) is 0 Å². The summed E-state index contributed by atoms with van der Waals surface area (Å²) in [6.45, 7) is 0.673. The highest BCUT2D eigenvalue weighted by molar-refractivity contribution is 5.95. The van der Waals surface area contributed by atoms with Gasteiger partial charge in [0.05, 0.1) is 30.3 Å². The maximum Gasteiger partial charge on any atom is 0.251 e. The summed E-state index contributed by atoms with van der Waals surface area (Å²) in [5, 5.41) is 11.7.